The van der Waals surface area contributed by atoms with Crippen LogP contribution in [0.4, 0.5) is 0 Å². The molecule has 0 bridgehead atoms. The van der Waals surface area contributed by atoms with Crippen molar-refractivity contribution >= 4 is 17.5 Å². The summed E-state index contributed by atoms with van der Waals surface area (Å²) in [5, 5.41) is 3.75. The molecule has 0 saturated carbocycles. The fraction of sp³-hybridized carbons (Fsp3) is 0.588. The minimum atomic E-state index is -0.429. The van der Waals surface area contributed by atoms with Crippen LogP contribution in [-0.2, 0) is 14.9 Å². The highest BCUT2D eigenvalue weighted by molar-refractivity contribution is 6.30. The topological polar surface area (TPSA) is 64.4 Å². The first kappa shape index (κ1) is 17.3. The molecule has 1 aromatic carbocycles. The van der Waals surface area contributed by atoms with Crippen molar-refractivity contribution < 1.29 is 9.53 Å². The first-order chi connectivity index (χ1) is 10.6. The van der Waals surface area contributed by atoms with E-state index in [0.29, 0.717) is 26.2 Å². The van der Waals surface area contributed by atoms with Gasteiger partial charge in [-0.05, 0) is 37.0 Å². The van der Waals surface area contributed by atoms with E-state index in [2.05, 4.69) is 11.4 Å². The van der Waals surface area contributed by atoms with Crippen LogP contribution in [0.1, 0.15) is 38.2 Å². The zero-order valence-corrected chi connectivity index (χ0v) is 13.9. The number of carbonyl (C=O) groups excluding carboxylic acids is 1. The largest absolute Gasteiger partial charge is 0.381 e. The number of rotatable bonds is 6. The van der Waals surface area contributed by atoms with Crippen LogP contribution in [0.15, 0.2) is 24.3 Å². The number of nitrogens with two attached hydrogens (primary N) is 1. The third-order valence-electron chi connectivity index (χ3n) is 4.42. The van der Waals surface area contributed by atoms with Crippen LogP contribution in [0.2, 0.25) is 5.02 Å². The van der Waals surface area contributed by atoms with Crippen LogP contribution in [0.5, 0.6) is 0 Å². The Balaban J connectivity index is 2.11. The van der Waals surface area contributed by atoms with E-state index < -0.39 is 6.04 Å². The maximum atomic E-state index is 12.1. The fourth-order valence-corrected chi connectivity index (χ4v) is 3.17. The van der Waals surface area contributed by atoms with E-state index in [1.807, 2.05) is 25.1 Å². The molecule has 0 aliphatic carbocycles. The van der Waals surface area contributed by atoms with Gasteiger partial charge < -0.3 is 15.8 Å². The Morgan fingerprint density at radius 2 is 2.18 bits per heavy atom. The van der Waals surface area contributed by atoms with Gasteiger partial charge in [-0.3, -0.25) is 4.79 Å². The number of ether oxygens (including phenoxy) is 1. The molecule has 0 radical (unpaired) electrons. The molecular formula is C17H25ClN2O2. The molecule has 122 valence electrons. The first-order valence-electron chi connectivity index (χ1n) is 7.94. The van der Waals surface area contributed by atoms with Gasteiger partial charge in [0.2, 0.25) is 5.91 Å². The standard InChI is InChI=1S/C17H25ClN2O2/c1-2-4-15(19)16(21)20-12-17(7-9-22-10-8-17)13-5-3-6-14(18)11-13/h3,5-6,11,15H,2,4,7-10,12,19H2,1H3,(H,20,21). The summed E-state index contributed by atoms with van der Waals surface area (Å²) < 4.78 is 5.50. The summed E-state index contributed by atoms with van der Waals surface area (Å²) in [5.74, 6) is -0.0743. The van der Waals surface area contributed by atoms with Gasteiger partial charge in [0.1, 0.15) is 0 Å². The number of nitrogens with one attached hydrogen (secondary N) is 1. The highest BCUT2D eigenvalue weighted by Gasteiger charge is 2.35. The molecule has 4 nitrogen and oxygen atoms in total. The molecule has 1 aromatic rings. The predicted octanol–water partition coefficient (Wildman–Crippen LogP) is 2.63. The normalized spacial score (nSPS) is 18.7. The van der Waals surface area contributed by atoms with Crippen LogP contribution in [0, 0.1) is 0 Å². The number of amides is 1. The minimum Gasteiger partial charge on any atom is -0.381 e. The van der Waals surface area contributed by atoms with Crippen molar-refractivity contribution in [2.24, 2.45) is 5.73 Å². The summed E-state index contributed by atoms with van der Waals surface area (Å²) in [7, 11) is 0. The van der Waals surface area contributed by atoms with Gasteiger partial charge in [-0.15, -0.1) is 0 Å². The molecule has 1 heterocycles. The lowest BCUT2D eigenvalue weighted by molar-refractivity contribution is -0.123. The van der Waals surface area contributed by atoms with Crippen molar-refractivity contribution in [3.05, 3.63) is 34.9 Å². The maximum Gasteiger partial charge on any atom is 0.236 e. The van der Waals surface area contributed by atoms with Crippen molar-refractivity contribution in [2.45, 2.75) is 44.1 Å². The Bertz CT molecular complexity index is 501. The van der Waals surface area contributed by atoms with Crippen molar-refractivity contribution in [1.82, 2.24) is 5.32 Å². The fourth-order valence-electron chi connectivity index (χ4n) is 2.98. The first-order valence-corrected chi connectivity index (χ1v) is 8.32. The summed E-state index contributed by atoms with van der Waals surface area (Å²) in [6, 6.07) is 7.47. The quantitative estimate of drug-likeness (QED) is 0.845. The Labute approximate surface area is 137 Å². The van der Waals surface area contributed by atoms with E-state index in [1.165, 1.54) is 0 Å². The predicted molar refractivity (Wildman–Crippen MR) is 89.1 cm³/mol. The van der Waals surface area contributed by atoms with Crippen molar-refractivity contribution in [3.8, 4) is 0 Å². The molecule has 1 saturated heterocycles. The van der Waals surface area contributed by atoms with Gasteiger partial charge in [0, 0.05) is 30.2 Å². The molecule has 1 unspecified atom stereocenters. The number of hydrogen-bond acceptors (Lipinski definition) is 3. The van der Waals surface area contributed by atoms with Gasteiger partial charge in [-0.25, -0.2) is 0 Å². The number of carbonyl (C=O) groups is 1. The molecular weight excluding hydrogens is 300 g/mol. The lowest BCUT2D eigenvalue weighted by Gasteiger charge is -2.38. The van der Waals surface area contributed by atoms with Gasteiger partial charge in [-0.1, -0.05) is 37.1 Å². The van der Waals surface area contributed by atoms with Gasteiger partial charge in [0.25, 0.3) is 0 Å². The van der Waals surface area contributed by atoms with Gasteiger partial charge >= 0.3 is 0 Å². The van der Waals surface area contributed by atoms with Crippen molar-refractivity contribution in [1.29, 1.82) is 0 Å². The Morgan fingerprint density at radius 3 is 2.82 bits per heavy atom. The van der Waals surface area contributed by atoms with Crippen molar-refractivity contribution in [2.75, 3.05) is 19.8 Å². The van der Waals surface area contributed by atoms with Crippen LogP contribution < -0.4 is 11.1 Å². The minimum absolute atomic E-state index is 0.0743. The molecule has 22 heavy (non-hydrogen) atoms. The second kappa shape index (κ2) is 7.95. The van der Waals surface area contributed by atoms with Crippen LogP contribution in [0.3, 0.4) is 0 Å². The molecule has 1 amide bonds. The molecule has 5 heteroatoms. The molecule has 1 atom stereocenters. The molecule has 0 spiro atoms. The zero-order chi connectivity index (χ0) is 16.0. The second-order valence-corrected chi connectivity index (χ2v) is 6.45. The molecule has 1 aliphatic rings. The molecule has 2 rings (SSSR count). The van der Waals surface area contributed by atoms with E-state index in [0.717, 1.165) is 29.8 Å². The van der Waals surface area contributed by atoms with Crippen molar-refractivity contribution in [3.63, 3.8) is 0 Å². The Kier molecular flexibility index (Phi) is 6.24. The van der Waals surface area contributed by atoms with Gasteiger partial charge in [-0.2, -0.15) is 0 Å². The molecule has 1 fully saturated rings. The number of halogens is 1. The third kappa shape index (κ3) is 4.22. The summed E-state index contributed by atoms with van der Waals surface area (Å²) in [4.78, 5) is 12.1. The van der Waals surface area contributed by atoms with E-state index in [-0.39, 0.29) is 11.3 Å². The molecule has 3 N–H and O–H groups in total. The summed E-state index contributed by atoms with van der Waals surface area (Å²) in [6.45, 7) is 4.00. The lowest BCUT2D eigenvalue weighted by Crippen LogP contribution is -2.48. The summed E-state index contributed by atoms with van der Waals surface area (Å²) in [5.41, 5.74) is 6.93. The third-order valence-corrected chi connectivity index (χ3v) is 4.66. The molecule has 0 aromatic heterocycles. The van der Waals surface area contributed by atoms with E-state index in [9.17, 15) is 4.79 Å². The lowest BCUT2D eigenvalue weighted by atomic mass is 9.74. The van der Waals surface area contributed by atoms with Gasteiger partial charge in [0.05, 0.1) is 6.04 Å². The van der Waals surface area contributed by atoms with Crippen LogP contribution in [0.25, 0.3) is 0 Å². The highest BCUT2D eigenvalue weighted by Crippen LogP contribution is 2.35. The summed E-state index contributed by atoms with van der Waals surface area (Å²) in [6.07, 6.45) is 3.36. The zero-order valence-electron chi connectivity index (χ0n) is 13.1. The monoisotopic (exact) mass is 324 g/mol. The summed E-state index contributed by atoms with van der Waals surface area (Å²) >= 11 is 6.14. The van der Waals surface area contributed by atoms with Crippen LogP contribution >= 0.6 is 11.6 Å². The average Bonchev–Trinajstić information content (AvgIpc) is 2.53. The number of benzene rings is 1. The Morgan fingerprint density at radius 1 is 1.45 bits per heavy atom. The smallest absolute Gasteiger partial charge is 0.236 e. The highest BCUT2D eigenvalue weighted by atomic mass is 35.5. The van der Waals surface area contributed by atoms with E-state index >= 15 is 0 Å². The Hall–Kier alpha value is -1.10. The van der Waals surface area contributed by atoms with E-state index in [4.69, 9.17) is 22.1 Å². The maximum absolute atomic E-state index is 12.1. The van der Waals surface area contributed by atoms with Crippen LogP contribution in [-0.4, -0.2) is 31.7 Å². The van der Waals surface area contributed by atoms with E-state index in [1.54, 1.807) is 0 Å². The van der Waals surface area contributed by atoms with Gasteiger partial charge in [0.15, 0.2) is 0 Å². The number of hydrogen-bond donors (Lipinski definition) is 2. The second-order valence-electron chi connectivity index (χ2n) is 6.02. The molecule has 1 aliphatic heterocycles. The average molecular weight is 325 g/mol. The SMILES string of the molecule is CCCC(N)C(=O)NCC1(c2cccc(Cl)c2)CCOCC1.